The molecule has 82 heavy (non-hydrogen) atoms. The number of aliphatic hydroxyl groups is 3. The van der Waals surface area contributed by atoms with Crippen LogP contribution in [0.4, 0.5) is 26.3 Å². The molecule has 9 atom stereocenters. The van der Waals surface area contributed by atoms with Gasteiger partial charge < -0.3 is 30.6 Å². The van der Waals surface area contributed by atoms with Crippen molar-refractivity contribution in [2.75, 3.05) is 0 Å². The number of fused-ring (bicyclic) bond motifs is 4. The van der Waals surface area contributed by atoms with Crippen LogP contribution in [0.5, 0.6) is 17.2 Å². The molecule has 9 unspecified atom stereocenters. The summed E-state index contributed by atoms with van der Waals surface area (Å²) < 4.78 is 89.8. The molecule has 4 aliphatic carbocycles. The molecule has 0 spiro atoms. The summed E-state index contributed by atoms with van der Waals surface area (Å²) in [5, 5.41) is 69.4. The van der Waals surface area contributed by atoms with E-state index in [1.165, 1.54) is 18.2 Å². The monoisotopic (exact) mass is 1130 g/mol. The van der Waals surface area contributed by atoms with Crippen LogP contribution >= 0.6 is 0 Å². The van der Waals surface area contributed by atoms with Gasteiger partial charge in [-0.2, -0.15) is 26.3 Å². The first-order valence-electron chi connectivity index (χ1n) is 28.3. The molecular weight excluding hydrogens is 1050 g/mol. The van der Waals surface area contributed by atoms with Crippen LogP contribution in [0.2, 0.25) is 0 Å². The molecule has 0 saturated heterocycles. The van der Waals surface area contributed by atoms with Crippen molar-refractivity contribution >= 4 is 0 Å². The summed E-state index contributed by atoms with van der Waals surface area (Å²) in [4.78, 5) is 0. The van der Waals surface area contributed by atoms with Gasteiger partial charge in [0.1, 0.15) is 23.0 Å². The molecule has 0 aromatic heterocycles. The largest absolute Gasteiger partial charge is 0.511 e. The summed E-state index contributed by atoms with van der Waals surface area (Å²) in [6, 6.07) is 21.1. The van der Waals surface area contributed by atoms with E-state index in [1.807, 2.05) is 102 Å². The van der Waals surface area contributed by atoms with Crippen molar-refractivity contribution < 1.29 is 57.0 Å². The van der Waals surface area contributed by atoms with E-state index in [0.717, 1.165) is 40.8 Å². The summed E-state index contributed by atoms with van der Waals surface area (Å²) >= 11 is 0. The number of benzene rings is 4. The highest BCUT2D eigenvalue weighted by atomic mass is 19.4. The van der Waals surface area contributed by atoms with Crippen molar-refractivity contribution in [2.45, 2.75) is 138 Å². The van der Waals surface area contributed by atoms with Crippen LogP contribution in [0.15, 0.2) is 192 Å². The smallest absolute Gasteiger partial charge is 0.416 e. The van der Waals surface area contributed by atoms with Crippen LogP contribution in [-0.4, -0.2) is 30.6 Å². The maximum Gasteiger partial charge on any atom is 0.416 e. The van der Waals surface area contributed by atoms with E-state index < -0.39 is 80.0 Å². The Bertz CT molecular complexity index is 3330. The molecular formula is C70H78F6O6. The highest BCUT2D eigenvalue weighted by Gasteiger charge is 2.56. The van der Waals surface area contributed by atoms with Crippen molar-refractivity contribution in [1.82, 2.24) is 0 Å². The van der Waals surface area contributed by atoms with E-state index in [9.17, 15) is 57.0 Å². The number of phenols is 3. The fraction of sp³-hybridized carbons (Fsp3) is 0.400. The number of hydrogen-bond acceptors (Lipinski definition) is 6. The predicted molar refractivity (Wildman–Crippen MR) is 314 cm³/mol. The van der Waals surface area contributed by atoms with Gasteiger partial charge in [-0.25, -0.2) is 0 Å². The van der Waals surface area contributed by atoms with Crippen LogP contribution in [0, 0.1) is 38.4 Å². The number of aliphatic hydroxyl groups excluding tert-OH is 3. The third kappa shape index (κ3) is 11.3. The van der Waals surface area contributed by atoms with Crippen LogP contribution in [0.1, 0.15) is 164 Å². The lowest BCUT2D eigenvalue weighted by atomic mass is 9.49. The van der Waals surface area contributed by atoms with Crippen LogP contribution in [-0.2, 0) is 12.4 Å². The van der Waals surface area contributed by atoms with Gasteiger partial charge in [0.2, 0.25) is 0 Å². The highest BCUT2D eigenvalue weighted by molar-refractivity contribution is 5.57. The Kier molecular flexibility index (Phi) is 16.3. The number of halogens is 6. The van der Waals surface area contributed by atoms with Crippen LogP contribution in [0.25, 0.3) is 0 Å². The quantitative estimate of drug-likeness (QED) is 0.0657. The molecule has 4 aromatic carbocycles. The van der Waals surface area contributed by atoms with Crippen LogP contribution in [0.3, 0.4) is 0 Å². The minimum atomic E-state index is -5.17. The summed E-state index contributed by atoms with van der Waals surface area (Å²) in [5.74, 6) is -3.55. The molecule has 0 radical (unpaired) electrons. The molecule has 4 aromatic rings. The van der Waals surface area contributed by atoms with Gasteiger partial charge in [-0.1, -0.05) is 165 Å². The van der Waals surface area contributed by atoms with Crippen molar-refractivity contribution in [3.05, 3.63) is 231 Å². The third-order valence-corrected chi connectivity index (χ3v) is 19.2. The maximum atomic E-state index is 15.0. The Morgan fingerprint density at radius 2 is 0.976 bits per heavy atom. The Morgan fingerprint density at radius 1 is 0.512 bits per heavy atom. The zero-order valence-electron chi connectivity index (χ0n) is 48.7. The molecule has 8 rings (SSSR count). The fourth-order valence-electron chi connectivity index (χ4n) is 14.5. The molecule has 6 nitrogen and oxygen atoms in total. The van der Waals surface area contributed by atoms with E-state index in [2.05, 4.69) is 39.8 Å². The topological polar surface area (TPSA) is 121 Å². The molecule has 4 aliphatic rings. The number of phenolic OH excluding ortho intramolecular Hbond substituents is 3. The average molecular weight is 1130 g/mol. The van der Waals surface area contributed by atoms with Crippen LogP contribution < -0.4 is 0 Å². The fourth-order valence-corrected chi connectivity index (χ4v) is 14.5. The molecule has 0 heterocycles. The third-order valence-electron chi connectivity index (χ3n) is 19.2. The van der Waals surface area contributed by atoms with Crippen molar-refractivity contribution in [2.24, 2.45) is 38.4 Å². The van der Waals surface area contributed by atoms with E-state index in [0.29, 0.717) is 29.0 Å². The lowest BCUT2D eigenvalue weighted by Crippen LogP contribution is -2.45. The summed E-state index contributed by atoms with van der Waals surface area (Å²) in [7, 11) is 0. The van der Waals surface area contributed by atoms with Gasteiger partial charge in [-0.3, -0.25) is 0 Å². The molecule has 6 N–H and O–H groups in total. The van der Waals surface area contributed by atoms with E-state index in [4.69, 9.17) is 0 Å². The number of aromatic hydroxyl groups is 3. The van der Waals surface area contributed by atoms with E-state index in [-0.39, 0.29) is 58.7 Å². The Balaban J connectivity index is 1.38. The number of allylic oxidation sites excluding steroid dienone is 15. The van der Waals surface area contributed by atoms with Gasteiger partial charge in [0.15, 0.2) is 11.5 Å². The predicted octanol–water partition coefficient (Wildman–Crippen LogP) is 19.8. The first kappa shape index (κ1) is 61.0. The molecule has 436 valence electrons. The highest BCUT2D eigenvalue weighted by Crippen LogP contribution is 2.65. The Labute approximate surface area is 479 Å². The van der Waals surface area contributed by atoms with Crippen molar-refractivity contribution in [3.8, 4) is 17.2 Å². The lowest BCUT2D eigenvalue weighted by Gasteiger charge is -2.54. The zero-order chi connectivity index (χ0) is 60.3. The molecule has 12 heteroatoms. The van der Waals surface area contributed by atoms with Gasteiger partial charge in [-0.05, 0) is 161 Å². The normalized spacial score (nSPS) is 28.4. The summed E-state index contributed by atoms with van der Waals surface area (Å²) in [6.07, 6.45) is 13.1. The molecule has 0 aliphatic heterocycles. The van der Waals surface area contributed by atoms with Gasteiger partial charge in [0.25, 0.3) is 0 Å². The summed E-state index contributed by atoms with van der Waals surface area (Å²) in [5.41, 5.74) is -4.30. The SMILES string of the molecule is CCC1(C)CC(C)(CC)C(c2ccc(O)c(O)c2)C2(C)C=CC(=CC=C2O)C(c2ccc(C(C3=CC=C(O)C(C)(C(C)(C)CC(C)C)C=C3)c3ccc(O)cc3)cc2)C2=CC=C(O)C(C)(C=C2)C1c1cc(C(F)(F)F)cc(C(F)(F)F)c1. The van der Waals surface area contributed by atoms with E-state index in [1.54, 1.807) is 55.5 Å². The number of alkyl halides is 6. The second kappa shape index (κ2) is 21.9. The van der Waals surface area contributed by atoms with Gasteiger partial charge in [0, 0.05) is 29.1 Å². The average Bonchev–Trinajstić information content (AvgIpc) is 2.32. The molecule has 0 fully saturated rings. The van der Waals surface area contributed by atoms with Gasteiger partial charge in [0.05, 0.1) is 22.0 Å². The second-order valence-corrected chi connectivity index (χ2v) is 25.7. The minimum Gasteiger partial charge on any atom is -0.511 e. The molecule has 4 bridgehead atoms. The maximum absolute atomic E-state index is 15.0. The zero-order valence-corrected chi connectivity index (χ0v) is 48.7. The van der Waals surface area contributed by atoms with Gasteiger partial charge >= 0.3 is 12.4 Å². The second-order valence-electron chi connectivity index (χ2n) is 25.7. The van der Waals surface area contributed by atoms with Crippen molar-refractivity contribution in [3.63, 3.8) is 0 Å². The number of rotatable bonds is 11. The molecule has 0 saturated carbocycles. The Hall–Kier alpha value is -7.08. The minimum absolute atomic E-state index is 0.0526. The van der Waals surface area contributed by atoms with Crippen molar-refractivity contribution in [1.29, 1.82) is 0 Å². The first-order valence-corrected chi connectivity index (χ1v) is 28.3. The molecule has 0 amide bonds. The van der Waals surface area contributed by atoms with Gasteiger partial charge in [-0.15, -0.1) is 0 Å². The Morgan fingerprint density at radius 3 is 1.44 bits per heavy atom. The lowest BCUT2D eigenvalue weighted by molar-refractivity contribution is -0.143. The standard InChI is InChI=1S/C70H78F6O6/c1-12-64(7)41-65(8,13-2)62(50-36-51(69(71,72)73)39-52(37-50)70(74,75)76)67(10)34-31-47(22-28-57(67)81)60(46-21-27-56(80)66(9,33-30-46)61(64)49-20-26-54(78)55(79)38-49)44-16-14-43(15-17-44)59(45-18-24-53(77)25-19-45)48-23-29-58(82)68(11,35-32-48)63(5,6)40-42(3)4/h14-39,42,59-62,77-82H,12-13,40-41H2,1-11H3. The summed E-state index contributed by atoms with van der Waals surface area (Å²) in [6.45, 7) is 21.8. The van der Waals surface area contributed by atoms with E-state index >= 15 is 0 Å². The number of hydrogen-bond donors (Lipinski definition) is 6. The first-order chi connectivity index (χ1) is 38.1.